The quantitative estimate of drug-likeness (QED) is 0.537. The SMILES string of the molecule is CC(C)(C)OC(=O)N1C[C@H](F)C[C@H]1C(=O)Nc1cc(C(F)(F)F)cc(Br)n1. The third-order valence-electron chi connectivity index (χ3n) is 3.55. The molecule has 6 nitrogen and oxygen atoms in total. The molecule has 2 amide bonds. The molecule has 1 aromatic rings. The maximum Gasteiger partial charge on any atom is 0.416 e. The molecule has 0 aliphatic carbocycles. The number of hydrogen-bond donors (Lipinski definition) is 1. The van der Waals surface area contributed by atoms with Gasteiger partial charge in [-0.2, -0.15) is 13.2 Å². The Hall–Kier alpha value is -1.91. The first-order valence-corrected chi connectivity index (χ1v) is 8.75. The van der Waals surface area contributed by atoms with Gasteiger partial charge >= 0.3 is 12.3 Å². The average molecular weight is 456 g/mol. The van der Waals surface area contributed by atoms with Crippen molar-refractivity contribution in [3.63, 3.8) is 0 Å². The molecule has 2 atom stereocenters. The number of alkyl halides is 4. The van der Waals surface area contributed by atoms with E-state index in [-0.39, 0.29) is 23.4 Å². The number of nitrogens with zero attached hydrogens (tertiary/aromatic N) is 2. The summed E-state index contributed by atoms with van der Waals surface area (Å²) >= 11 is 2.85. The van der Waals surface area contributed by atoms with Gasteiger partial charge in [0.1, 0.15) is 28.2 Å². The van der Waals surface area contributed by atoms with E-state index in [4.69, 9.17) is 4.74 Å². The molecule has 1 aliphatic heterocycles. The Morgan fingerprint density at radius 2 is 1.93 bits per heavy atom. The minimum atomic E-state index is -4.63. The van der Waals surface area contributed by atoms with Crippen molar-refractivity contribution < 1.29 is 31.9 Å². The van der Waals surface area contributed by atoms with Crippen LogP contribution in [0.25, 0.3) is 0 Å². The van der Waals surface area contributed by atoms with Crippen LogP contribution in [0, 0.1) is 0 Å². The predicted octanol–water partition coefficient (Wildman–Crippen LogP) is 4.15. The molecule has 2 heterocycles. The Bertz CT molecular complexity index is 737. The molecule has 0 saturated carbocycles. The summed E-state index contributed by atoms with van der Waals surface area (Å²) in [6, 6.07) is 0.197. The first-order chi connectivity index (χ1) is 12.3. The van der Waals surface area contributed by atoms with Crippen molar-refractivity contribution in [1.29, 1.82) is 0 Å². The lowest BCUT2D eigenvalue weighted by Crippen LogP contribution is -2.45. The number of halogens is 5. The van der Waals surface area contributed by atoms with E-state index in [2.05, 4.69) is 26.2 Å². The number of amides is 2. The molecular weight excluding hydrogens is 438 g/mol. The Labute approximate surface area is 161 Å². The molecule has 2 rings (SSSR count). The van der Waals surface area contributed by atoms with Crippen molar-refractivity contribution in [2.45, 2.75) is 51.2 Å². The summed E-state index contributed by atoms with van der Waals surface area (Å²) < 4.78 is 57.5. The fourth-order valence-electron chi connectivity index (χ4n) is 2.49. The maximum atomic E-state index is 13.8. The van der Waals surface area contributed by atoms with E-state index in [9.17, 15) is 27.2 Å². The largest absolute Gasteiger partial charge is 0.444 e. The van der Waals surface area contributed by atoms with E-state index < -0.39 is 41.6 Å². The second-order valence-electron chi connectivity index (χ2n) is 7.03. The molecule has 0 unspecified atom stereocenters. The first-order valence-electron chi connectivity index (χ1n) is 7.95. The van der Waals surface area contributed by atoms with Crippen molar-refractivity contribution in [2.24, 2.45) is 0 Å². The Morgan fingerprint density at radius 1 is 1.30 bits per heavy atom. The van der Waals surface area contributed by atoms with Gasteiger partial charge in [-0.1, -0.05) is 0 Å². The van der Waals surface area contributed by atoms with Crippen LogP contribution in [0.15, 0.2) is 16.7 Å². The number of pyridine rings is 1. The molecule has 27 heavy (non-hydrogen) atoms. The molecule has 0 spiro atoms. The van der Waals surface area contributed by atoms with E-state index in [1.54, 1.807) is 20.8 Å². The van der Waals surface area contributed by atoms with Gasteiger partial charge in [0.25, 0.3) is 0 Å². The number of ether oxygens (including phenoxy) is 1. The number of nitrogens with one attached hydrogen (secondary N) is 1. The van der Waals surface area contributed by atoms with Crippen molar-refractivity contribution >= 4 is 33.7 Å². The second kappa shape index (κ2) is 7.61. The molecular formula is C16H18BrF4N3O3. The van der Waals surface area contributed by atoms with Gasteiger partial charge in [-0.3, -0.25) is 9.69 Å². The number of anilines is 1. The smallest absolute Gasteiger partial charge is 0.416 e. The van der Waals surface area contributed by atoms with Crippen LogP contribution in [-0.4, -0.2) is 46.2 Å². The van der Waals surface area contributed by atoms with Crippen LogP contribution < -0.4 is 5.32 Å². The van der Waals surface area contributed by atoms with Crippen molar-refractivity contribution in [1.82, 2.24) is 9.88 Å². The number of rotatable bonds is 2. The third-order valence-corrected chi connectivity index (χ3v) is 3.96. The van der Waals surface area contributed by atoms with Gasteiger partial charge < -0.3 is 10.1 Å². The summed E-state index contributed by atoms with van der Waals surface area (Å²) in [4.78, 5) is 29.3. The highest BCUT2D eigenvalue weighted by molar-refractivity contribution is 9.10. The van der Waals surface area contributed by atoms with E-state index in [0.717, 1.165) is 11.0 Å². The van der Waals surface area contributed by atoms with Gasteiger partial charge in [-0.05, 0) is 48.8 Å². The molecule has 0 aromatic carbocycles. The zero-order valence-electron chi connectivity index (χ0n) is 14.7. The summed E-state index contributed by atoms with van der Waals surface area (Å²) in [6.07, 6.45) is -7.24. The van der Waals surface area contributed by atoms with Gasteiger partial charge in [0.2, 0.25) is 5.91 Å². The molecule has 1 fully saturated rings. The molecule has 0 radical (unpaired) electrons. The molecule has 1 aromatic heterocycles. The standard InChI is InChI=1S/C16H18BrF4N3O3/c1-15(2,3)27-14(26)24-7-9(18)6-10(24)13(25)23-12-5-8(16(19,20)21)4-11(17)22-12/h4-5,9-10H,6-7H2,1-3H3,(H,22,23,25)/t9-,10+/m1/s1. The third kappa shape index (κ3) is 5.78. The zero-order valence-corrected chi connectivity index (χ0v) is 16.3. The number of likely N-dealkylation sites (tertiary alicyclic amines) is 1. The Kier molecular flexibility index (Phi) is 6.03. The van der Waals surface area contributed by atoms with Crippen LogP contribution in [0.1, 0.15) is 32.8 Å². The van der Waals surface area contributed by atoms with E-state index in [0.29, 0.717) is 6.07 Å². The van der Waals surface area contributed by atoms with Gasteiger partial charge in [0.05, 0.1) is 12.1 Å². The van der Waals surface area contributed by atoms with Crippen molar-refractivity contribution in [3.8, 4) is 0 Å². The zero-order chi connectivity index (χ0) is 20.6. The fourth-order valence-corrected chi connectivity index (χ4v) is 2.93. The molecule has 11 heteroatoms. The number of aromatic nitrogens is 1. The average Bonchev–Trinajstić information content (AvgIpc) is 2.86. The minimum Gasteiger partial charge on any atom is -0.444 e. The highest BCUT2D eigenvalue weighted by Crippen LogP contribution is 2.32. The molecule has 1 N–H and O–H groups in total. The van der Waals surface area contributed by atoms with Crippen LogP contribution >= 0.6 is 15.9 Å². The minimum absolute atomic E-state index is 0.133. The summed E-state index contributed by atoms with van der Waals surface area (Å²) in [7, 11) is 0. The van der Waals surface area contributed by atoms with Gasteiger partial charge in [0, 0.05) is 6.42 Å². The monoisotopic (exact) mass is 455 g/mol. The first kappa shape index (κ1) is 21.4. The van der Waals surface area contributed by atoms with Crippen LogP contribution in [-0.2, 0) is 15.7 Å². The van der Waals surface area contributed by atoms with Gasteiger partial charge in [-0.25, -0.2) is 14.2 Å². The van der Waals surface area contributed by atoms with E-state index >= 15 is 0 Å². The van der Waals surface area contributed by atoms with Gasteiger partial charge in [0.15, 0.2) is 0 Å². The molecule has 0 bridgehead atoms. The van der Waals surface area contributed by atoms with Crippen molar-refractivity contribution in [2.75, 3.05) is 11.9 Å². The number of carbonyl (C=O) groups excluding carboxylic acids is 2. The summed E-state index contributed by atoms with van der Waals surface area (Å²) in [6.45, 7) is 4.51. The van der Waals surface area contributed by atoms with Crippen LogP contribution in [0.2, 0.25) is 0 Å². The van der Waals surface area contributed by atoms with Crippen molar-refractivity contribution in [3.05, 3.63) is 22.3 Å². The fraction of sp³-hybridized carbons (Fsp3) is 0.562. The Balaban J connectivity index is 2.19. The lowest BCUT2D eigenvalue weighted by molar-refractivity contribution is -0.137. The van der Waals surface area contributed by atoms with E-state index in [1.807, 2.05) is 0 Å². The van der Waals surface area contributed by atoms with Crippen LogP contribution in [0.3, 0.4) is 0 Å². The molecule has 150 valence electrons. The molecule has 1 aliphatic rings. The summed E-state index contributed by atoms with van der Waals surface area (Å²) in [5.74, 6) is -1.21. The topological polar surface area (TPSA) is 71.5 Å². The number of carbonyl (C=O) groups is 2. The Morgan fingerprint density at radius 3 is 2.48 bits per heavy atom. The summed E-state index contributed by atoms with van der Waals surface area (Å²) in [5, 5.41) is 2.21. The highest BCUT2D eigenvalue weighted by atomic mass is 79.9. The van der Waals surface area contributed by atoms with Crippen LogP contribution in [0.4, 0.5) is 28.2 Å². The number of hydrogen-bond acceptors (Lipinski definition) is 4. The highest BCUT2D eigenvalue weighted by Gasteiger charge is 2.42. The lowest BCUT2D eigenvalue weighted by Gasteiger charge is -2.27. The normalized spacial score (nSPS) is 20.5. The van der Waals surface area contributed by atoms with Crippen LogP contribution in [0.5, 0.6) is 0 Å². The second-order valence-corrected chi connectivity index (χ2v) is 7.84. The summed E-state index contributed by atoms with van der Waals surface area (Å²) in [5.41, 5.74) is -1.86. The lowest BCUT2D eigenvalue weighted by atomic mass is 10.2. The molecule has 1 saturated heterocycles. The maximum absolute atomic E-state index is 13.8. The van der Waals surface area contributed by atoms with E-state index in [1.165, 1.54) is 0 Å². The predicted molar refractivity (Wildman–Crippen MR) is 91.8 cm³/mol. The van der Waals surface area contributed by atoms with Gasteiger partial charge in [-0.15, -0.1) is 0 Å².